The molecule has 2 atom stereocenters. The molecule has 0 aliphatic rings. The lowest BCUT2D eigenvalue weighted by Crippen LogP contribution is -2.51. The first kappa shape index (κ1) is 14.3. The number of carboxylic acids is 2. The molecule has 16 heavy (non-hydrogen) atoms. The predicted molar refractivity (Wildman–Crippen MR) is 54.7 cm³/mol. The third-order valence-corrected chi connectivity index (χ3v) is 2.34. The van der Waals surface area contributed by atoms with Crippen LogP contribution in [0.5, 0.6) is 0 Å². The molecule has 0 saturated heterocycles. The number of hydrogen-bond donors (Lipinski definition) is 4. The maximum Gasteiger partial charge on any atom is 0.316 e. The summed E-state index contributed by atoms with van der Waals surface area (Å²) in [7, 11) is 0. The maximum atomic E-state index is 11.1. The number of aliphatic hydroxyl groups is 2. The van der Waals surface area contributed by atoms with Gasteiger partial charge in [-0.1, -0.05) is 12.2 Å². The minimum absolute atomic E-state index is 0.865. The second kappa shape index (κ2) is 5.43. The highest BCUT2D eigenvalue weighted by Gasteiger charge is 2.51. The van der Waals surface area contributed by atoms with Crippen molar-refractivity contribution in [1.29, 1.82) is 0 Å². The van der Waals surface area contributed by atoms with Crippen LogP contribution in [-0.4, -0.2) is 44.6 Å². The van der Waals surface area contributed by atoms with E-state index in [2.05, 4.69) is 13.2 Å². The Morgan fingerprint density at radius 3 is 1.69 bits per heavy atom. The van der Waals surface area contributed by atoms with Gasteiger partial charge in [-0.15, -0.1) is 13.2 Å². The van der Waals surface area contributed by atoms with Crippen LogP contribution in [-0.2, 0) is 9.59 Å². The molecule has 6 heteroatoms. The Hall–Kier alpha value is -1.66. The highest BCUT2D eigenvalue weighted by atomic mass is 16.4. The van der Waals surface area contributed by atoms with E-state index in [-0.39, 0.29) is 0 Å². The van der Waals surface area contributed by atoms with Crippen molar-refractivity contribution in [2.24, 2.45) is 5.41 Å². The summed E-state index contributed by atoms with van der Waals surface area (Å²) in [5, 5.41) is 36.7. The topological polar surface area (TPSA) is 115 Å². The number of hydrogen-bond acceptors (Lipinski definition) is 4. The molecule has 0 heterocycles. The fourth-order valence-electron chi connectivity index (χ4n) is 1.38. The zero-order valence-electron chi connectivity index (χ0n) is 8.54. The van der Waals surface area contributed by atoms with Gasteiger partial charge in [-0.25, -0.2) is 0 Å². The van der Waals surface area contributed by atoms with Crippen LogP contribution >= 0.6 is 0 Å². The molecule has 2 unspecified atom stereocenters. The second-order valence-corrected chi connectivity index (χ2v) is 3.28. The van der Waals surface area contributed by atoms with Gasteiger partial charge in [0.15, 0.2) is 0 Å². The highest BCUT2D eigenvalue weighted by molar-refractivity contribution is 5.83. The molecule has 0 rings (SSSR count). The van der Waals surface area contributed by atoms with Crippen molar-refractivity contribution in [1.82, 2.24) is 0 Å². The van der Waals surface area contributed by atoms with Crippen molar-refractivity contribution < 1.29 is 30.0 Å². The molecule has 6 nitrogen and oxygen atoms in total. The first-order valence-corrected chi connectivity index (χ1v) is 4.39. The molecule has 0 spiro atoms. The fourth-order valence-corrected chi connectivity index (χ4v) is 1.38. The number of rotatable bonds is 7. The summed E-state index contributed by atoms with van der Waals surface area (Å²) in [6.07, 6.45) is -2.61. The van der Waals surface area contributed by atoms with Gasteiger partial charge in [0.25, 0.3) is 0 Å². The Bertz CT molecular complexity index is 294. The molecule has 4 N–H and O–H groups in total. The third kappa shape index (κ3) is 2.47. The van der Waals surface area contributed by atoms with E-state index in [1.165, 1.54) is 0 Å². The molecule has 0 aromatic rings. The Kier molecular flexibility index (Phi) is 4.87. The van der Waals surface area contributed by atoms with Crippen LogP contribution in [0.1, 0.15) is 6.42 Å². The third-order valence-electron chi connectivity index (χ3n) is 2.34. The van der Waals surface area contributed by atoms with Crippen LogP contribution in [0.4, 0.5) is 0 Å². The molecule has 0 aliphatic carbocycles. The Morgan fingerprint density at radius 2 is 1.50 bits per heavy atom. The normalized spacial score (nSPS) is 17.9. The lowest BCUT2D eigenvalue weighted by Gasteiger charge is -2.33. The van der Waals surface area contributed by atoms with Gasteiger partial charge in [0.2, 0.25) is 0 Å². The van der Waals surface area contributed by atoms with Crippen molar-refractivity contribution in [3.05, 3.63) is 25.3 Å². The molecule has 0 radical (unpaired) electrons. The molecule has 0 saturated carbocycles. The van der Waals surface area contributed by atoms with Crippen LogP contribution in [0.15, 0.2) is 25.3 Å². The summed E-state index contributed by atoms with van der Waals surface area (Å²) in [5.74, 6) is -3.08. The van der Waals surface area contributed by atoms with Crippen LogP contribution in [0.3, 0.4) is 0 Å². The van der Waals surface area contributed by atoms with Crippen LogP contribution in [0, 0.1) is 5.41 Å². The molecule has 0 fully saturated rings. The zero-order valence-corrected chi connectivity index (χ0v) is 8.54. The van der Waals surface area contributed by atoms with Crippen LogP contribution < -0.4 is 0 Å². The molecular weight excluding hydrogens is 216 g/mol. The Morgan fingerprint density at radius 1 is 1.12 bits per heavy atom. The van der Waals surface area contributed by atoms with Gasteiger partial charge in [-0.2, -0.15) is 0 Å². The van der Waals surface area contributed by atoms with E-state index in [1.54, 1.807) is 0 Å². The van der Waals surface area contributed by atoms with E-state index in [9.17, 15) is 19.8 Å². The first-order valence-electron chi connectivity index (χ1n) is 4.39. The smallest absolute Gasteiger partial charge is 0.316 e. The molecule has 0 aliphatic heterocycles. The molecule has 0 aromatic heterocycles. The quantitative estimate of drug-likeness (QED) is 0.443. The number of aliphatic hydroxyl groups excluding tert-OH is 2. The van der Waals surface area contributed by atoms with Crippen LogP contribution in [0.25, 0.3) is 0 Å². The summed E-state index contributed by atoms with van der Waals surface area (Å²) in [5.41, 5.74) is -2.27. The van der Waals surface area contributed by atoms with E-state index < -0.39 is 36.0 Å². The van der Waals surface area contributed by atoms with E-state index in [4.69, 9.17) is 10.2 Å². The molecule has 90 valence electrons. The van der Waals surface area contributed by atoms with Gasteiger partial charge in [0.1, 0.15) is 5.41 Å². The van der Waals surface area contributed by atoms with Crippen molar-refractivity contribution in [3.63, 3.8) is 0 Å². The minimum atomic E-state index is -2.27. The van der Waals surface area contributed by atoms with Crippen molar-refractivity contribution >= 4 is 11.9 Å². The van der Waals surface area contributed by atoms with Gasteiger partial charge in [-0.3, -0.25) is 9.59 Å². The van der Waals surface area contributed by atoms with Gasteiger partial charge >= 0.3 is 11.9 Å². The molecular formula is C10H14O6. The largest absolute Gasteiger partial charge is 0.481 e. The molecule has 0 aromatic carbocycles. The van der Waals surface area contributed by atoms with E-state index in [0.29, 0.717) is 0 Å². The number of carboxylic acid groups (broad SMARTS) is 2. The van der Waals surface area contributed by atoms with Crippen LogP contribution in [0.2, 0.25) is 0 Å². The second-order valence-electron chi connectivity index (χ2n) is 3.28. The lowest BCUT2D eigenvalue weighted by atomic mass is 9.74. The average molecular weight is 230 g/mol. The zero-order chi connectivity index (χ0) is 12.9. The van der Waals surface area contributed by atoms with Gasteiger partial charge < -0.3 is 20.4 Å². The molecule has 0 amide bonds. The van der Waals surface area contributed by atoms with Gasteiger partial charge in [0.05, 0.1) is 18.6 Å². The van der Waals surface area contributed by atoms with E-state index in [1.807, 2.05) is 0 Å². The van der Waals surface area contributed by atoms with Crippen molar-refractivity contribution in [2.75, 3.05) is 0 Å². The summed E-state index contributed by atoms with van der Waals surface area (Å²) >= 11 is 0. The Labute approximate surface area is 92.1 Å². The summed E-state index contributed by atoms with van der Waals surface area (Å²) < 4.78 is 0. The summed E-state index contributed by atoms with van der Waals surface area (Å²) in [6.45, 7) is 6.36. The minimum Gasteiger partial charge on any atom is -0.481 e. The van der Waals surface area contributed by atoms with Crippen molar-refractivity contribution in [3.8, 4) is 0 Å². The lowest BCUT2D eigenvalue weighted by molar-refractivity contribution is -0.169. The Balaban J connectivity index is 5.55. The van der Waals surface area contributed by atoms with E-state index in [0.717, 1.165) is 12.2 Å². The standard InChI is InChI=1S/C10H14O6/c1-3-6(11)10(9(15)16,5-8(13)14)7(12)4-2/h3-4,6-7,11-12H,1-2,5H2,(H,13,14)(H,15,16). The average Bonchev–Trinajstić information content (AvgIpc) is 2.22. The molecule has 0 bridgehead atoms. The van der Waals surface area contributed by atoms with Gasteiger partial charge in [-0.05, 0) is 0 Å². The summed E-state index contributed by atoms with van der Waals surface area (Å²) in [6, 6.07) is 0. The number of aliphatic carboxylic acids is 2. The monoisotopic (exact) mass is 230 g/mol. The summed E-state index contributed by atoms with van der Waals surface area (Å²) in [4.78, 5) is 21.7. The first-order chi connectivity index (χ1) is 7.32. The highest BCUT2D eigenvalue weighted by Crippen LogP contribution is 2.33. The van der Waals surface area contributed by atoms with Gasteiger partial charge in [0, 0.05) is 0 Å². The van der Waals surface area contributed by atoms with Crippen molar-refractivity contribution in [2.45, 2.75) is 18.6 Å². The fraction of sp³-hybridized carbons (Fsp3) is 0.400. The number of carbonyl (C=O) groups is 2. The van der Waals surface area contributed by atoms with E-state index >= 15 is 0 Å². The predicted octanol–water partition coefficient (Wildman–Crippen LogP) is -0.374. The SMILES string of the molecule is C=CC(O)C(CC(=O)O)(C(=O)O)C(O)C=C. The maximum absolute atomic E-state index is 11.1.